The van der Waals surface area contributed by atoms with Crippen molar-refractivity contribution in [3.8, 4) is 6.07 Å². The van der Waals surface area contributed by atoms with Gasteiger partial charge in [0, 0.05) is 22.2 Å². The Hall–Kier alpha value is -0.790. The highest BCUT2D eigenvalue weighted by atomic mass is 35.5. The Kier molecular flexibility index (Phi) is 5.58. The molecule has 0 bridgehead atoms. The second kappa shape index (κ2) is 6.72. The van der Waals surface area contributed by atoms with E-state index >= 15 is 0 Å². The van der Waals surface area contributed by atoms with E-state index in [4.69, 9.17) is 38.3 Å². The number of benzene rings is 1. The van der Waals surface area contributed by atoms with Gasteiger partial charge >= 0.3 is 0 Å². The minimum atomic E-state index is -0.798. The van der Waals surface area contributed by atoms with E-state index in [0.717, 1.165) is 0 Å². The molecule has 1 aromatic carbocycles. The van der Waals surface area contributed by atoms with Gasteiger partial charge in [-0.25, -0.2) is 0 Å². The molecule has 1 N–H and O–H groups in total. The van der Waals surface area contributed by atoms with Gasteiger partial charge in [0.15, 0.2) is 6.10 Å². The average Bonchev–Trinajstić information content (AvgIpc) is 2.26. The summed E-state index contributed by atoms with van der Waals surface area (Å²) in [6.07, 6.45) is -0.326. The lowest BCUT2D eigenvalue weighted by Crippen LogP contribution is -2.06. The maximum Gasteiger partial charge on any atom is 0.171 e. The molecule has 1 unspecified atom stereocenters. The Morgan fingerprint density at radius 2 is 2.00 bits per heavy atom. The first-order valence-electron chi connectivity index (χ1n) is 4.76. The summed E-state index contributed by atoms with van der Waals surface area (Å²) >= 11 is 11.9. The number of aliphatic hydroxyl groups excluding tert-OH is 1. The molecule has 0 heterocycles. The summed E-state index contributed by atoms with van der Waals surface area (Å²) in [5.74, 6) is 0. The molecule has 16 heavy (non-hydrogen) atoms. The van der Waals surface area contributed by atoms with Crippen LogP contribution >= 0.6 is 23.2 Å². The quantitative estimate of drug-likeness (QED) is 0.828. The second-order valence-corrected chi connectivity index (χ2v) is 3.91. The van der Waals surface area contributed by atoms with Crippen molar-refractivity contribution in [3.05, 3.63) is 33.8 Å². The Bertz CT molecular complexity index is 370. The van der Waals surface area contributed by atoms with E-state index in [1.807, 2.05) is 6.07 Å². The summed E-state index contributed by atoms with van der Waals surface area (Å²) in [7, 11) is 0. The van der Waals surface area contributed by atoms with Crippen molar-refractivity contribution in [1.82, 2.24) is 0 Å². The molecular formula is C11H11Cl2NO2. The fraction of sp³-hybridized carbons (Fsp3) is 0.364. The molecule has 0 aliphatic carbocycles. The van der Waals surface area contributed by atoms with Gasteiger partial charge < -0.3 is 9.84 Å². The molecule has 3 nitrogen and oxygen atoms in total. The van der Waals surface area contributed by atoms with Gasteiger partial charge in [-0.05, 0) is 18.6 Å². The Balaban J connectivity index is 2.83. The van der Waals surface area contributed by atoms with Crippen LogP contribution in [-0.2, 0) is 4.74 Å². The molecule has 1 atom stereocenters. The van der Waals surface area contributed by atoms with Crippen LogP contribution in [-0.4, -0.2) is 18.3 Å². The molecule has 0 spiro atoms. The second-order valence-electron chi connectivity index (χ2n) is 3.09. The highest BCUT2D eigenvalue weighted by Crippen LogP contribution is 2.31. The van der Waals surface area contributed by atoms with E-state index in [9.17, 15) is 0 Å². The first kappa shape index (κ1) is 13.3. The number of nitrogens with zero attached hydrogens (tertiary/aromatic N) is 1. The monoisotopic (exact) mass is 259 g/mol. The van der Waals surface area contributed by atoms with E-state index < -0.39 is 6.10 Å². The first-order valence-corrected chi connectivity index (χ1v) is 5.52. The smallest absolute Gasteiger partial charge is 0.171 e. The summed E-state index contributed by atoms with van der Waals surface area (Å²) in [4.78, 5) is 0. The minimum absolute atomic E-state index is 0.0222. The predicted molar refractivity (Wildman–Crippen MR) is 62.5 cm³/mol. The van der Waals surface area contributed by atoms with Crippen LogP contribution in [0.1, 0.15) is 18.1 Å². The maximum absolute atomic E-state index is 8.97. The van der Waals surface area contributed by atoms with Crippen LogP contribution in [0.5, 0.6) is 0 Å². The van der Waals surface area contributed by atoms with E-state index in [1.165, 1.54) is 0 Å². The van der Waals surface area contributed by atoms with Gasteiger partial charge in [0.25, 0.3) is 0 Å². The van der Waals surface area contributed by atoms with Crippen LogP contribution in [0.4, 0.5) is 0 Å². The van der Waals surface area contributed by atoms with Crippen LogP contribution in [0.2, 0.25) is 10.0 Å². The molecule has 1 rings (SSSR count). The van der Waals surface area contributed by atoms with Crippen molar-refractivity contribution in [2.45, 2.75) is 12.5 Å². The molecule has 0 aliphatic heterocycles. The number of rotatable bonds is 5. The van der Waals surface area contributed by atoms with Crippen LogP contribution in [0.15, 0.2) is 18.2 Å². The van der Waals surface area contributed by atoms with Crippen molar-refractivity contribution in [3.63, 3.8) is 0 Å². The summed E-state index contributed by atoms with van der Waals surface area (Å²) in [5.41, 5.74) is 0.478. The number of hydrogen-bond donors (Lipinski definition) is 1. The summed E-state index contributed by atoms with van der Waals surface area (Å²) in [5, 5.41) is 18.4. The molecular weight excluding hydrogens is 249 g/mol. The van der Waals surface area contributed by atoms with Gasteiger partial charge in [-0.1, -0.05) is 29.3 Å². The third-order valence-corrected chi connectivity index (χ3v) is 2.63. The SMILES string of the molecule is N#CC(OCCCO)c1c(Cl)cccc1Cl. The fourth-order valence-corrected chi connectivity index (χ4v) is 1.81. The number of halogens is 2. The Morgan fingerprint density at radius 1 is 1.38 bits per heavy atom. The van der Waals surface area contributed by atoms with Gasteiger partial charge in [-0.15, -0.1) is 0 Å². The highest BCUT2D eigenvalue weighted by Gasteiger charge is 2.17. The van der Waals surface area contributed by atoms with Crippen molar-refractivity contribution >= 4 is 23.2 Å². The van der Waals surface area contributed by atoms with Crippen LogP contribution in [0.25, 0.3) is 0 Å². The van der Waals surface area contributed by atoms with Gasteiger partial charge in [-0.3, -0.25) is 0 Å². The summed E-state index contributed by atoms with van der Waals surface area (Å²) < 4.78 is 5.29. The third-order valence-electron chi connectivity index (χ3n) is 1.97. The van der Waals surface area contributed by atoms with Crippen molar-refractivity contribution < 1.29 is 9.84 Å². The van der Waals surface area contributed by atoms with Crippen molar-refractivity contribution in [1.29, 1.82) is 5.26 Å². The van der Waals surface area contributed by atoms with Gasteiger partial charge in [0.2, 0.25) is 0 Å². The molecule has 1 aromatic rings. The maximum atomic E-state index is 8.97. The lowest BCUT2D eigenvalue weighted by atomic mass is 10.1. The zero-order chi connectivity index (χ0) is 12.0. The van der Waals surface area contributed by atoms with Crippen LogP contribution in [0.3, 0.4) is 0 Å². The van der Waals surface area contributed by atoms with E-state index in [0.29, 0.717) is 22.0 Å². The van der Waals surface area contributed by atoms with Crippen LogP contribution < -0.4 is 0 Å². The zero-order valence-corrected chi connectivity index (χ0v) is 10.0. The van der Waals surface area contributed by atoms with Crippen LogP contribution in [0, 0.1) is 11.3 Å². The van der Waals surface area contributed by atoms with Gasteiger partial charge in [-0.2, -0.15) is 5.26 Å². The standard InChI is InChI=1S/C11H11Cl2NO2/c12-8-3-1-4-9(13)11(8)10(7-14)16-6-2-5-15/h1,3-4,10,15H,2,5-6H2. The topological polar surface area (TPSA) is 53.2 Å². The predicted octanol–water partition coefficient (Wildman–Crippen LogP) is 2.96. The molecule has 0 aromatic heterocycles. The number of hydrogen-bond acceptors (Lipinski definition) is 3. The van der Waals surface area contributed by atoms with Crippen molar-refractivity contribution in [2.24, 2.45) is 0 Å². The Labute approximate surface area is 104 Å². The molecule has 0 saturated carbocycles. The largest absolute Gasteiger partial charge is 0.396 e. The molecule has 0 amide bonds. The van der Waals surface area contributed by atoms with E-state index in [2.05, 4.69) is 0 Å². The number of nitriles is 1. The van der Waals surface area contributed by atoms with E-state index in [1.54, 1.807) is 18.2 Å². The first-order chi connectivity index (χ1) is 7.70. The highest BCUT2D eigenvalue weighted by molar-refractivity contribution is 6.36. The Morgan fingerprint density at radius 3 is 2.50 bits per heavy atom. The van der Waals surface area contributed by atoms with Crippen molar-refractivity contribution in [2.75, 3.05) is 13.2 Å². The lowest BCUT2D eigenvalue weighted by molar-refractivity contribution is 0.0775. The normalized spacial score (nSPS) is 12.1. The van der Waals surface area contributed by atoms with Gasteiger partial charge in [0.1, 0.15) is 0 Å². The summed E-state index contributed by atoms with van der Waals surface area (Å²) in [6, 6.07) is 7.00. The molecule has 0 aliphatic rings. The summed E-state index contributed by atoms with van der Waals surface area (Å²) in [6.45, 7) is 0.310. The number of ether oxygens (including phenoxy) is 1. The molecule has 86 valence electrons. The van der Waals surface area contributed by atoms with Gasteiger partial charge in [0.05, 0.1) is 12.7 Å². The minimum Gasteiger partial charge on any atom is -0.396 e. The average molecular weight is 260 g/mol. The lowest BCUT2D eigenvalue weighted by Gasteiger charge is -2.13. The molecule has 0 fully saturated rings. The molecule has 0 radical (unpaired) electrons. The molecule has 0 saturated heterocycles. The van der Waals surface area contributed by atoms with E-state index in [-0.39, 0.29) is 13.2 Å². The molecule has 5 heteroatoms. The number of aliphatic hydroxyl groups is 1. The fourth-order valence-electron chi connectivity index (χ4n) is 1.21. The third kappa shape index (κ3) is 3.36. The zero-order valence-electron chi connectivity index (χ0n) is 8.49.